The number of hydrogen-bond acceptors (Lipinski definition) is 7. The summed E-state index contributed by atoms with van der Waals surface area (Å²) in [5.41, 5.74) is 3.80. The number of amides is 1. The van der Waals surface area contributed by atoms with Gasteiger partial charge >= 0.3 is 11.7 Å². The second-order valence-electron chi connectivity index (χ2n) is 3.59. The van der Waals surface area contributed by atoms with Crippen molar-refractivity contribution in [2.75, 3.05) is 25.1 Å². The fourth-order valence-corrected chi connectivity index (χ4v) is 1.29. The number of pyridine rings is 1. The van der Waals surface area contributed by atoms with E-state index in [0.29, 0.717) is 0 Å². The van der Waals surface area contributed by atoms with Gasteiger partial charge in [0.05, 0.1) is 11.5 Å². The minimum Gasteiger partial charge on any atom is -0.477 e. The van der Waals surface area contributed by atoms with Crippen LogP contribution in [0.5, 0.6) is 0 Å². The van der Waals surface area contributed by atoms with E-state index in [1.54, 1.807) is 0 Å². The van der Waals surface area contributed by atoms with Gasteiger partial charge in [0.15, 0.2) is 0 Å². The lowest BCUT2D eigenvalue weighted by Crippen LogP contribution is -2.20. The van der Waals surface area contributed by atoms with Crippen LogP contribution in [0.15, 0.2) is 12.3 Å². The topological polar surface area (TPSA) is 158 Å². The van der Waals surface area contributed by atoms with Crippen LogP contribution in [0.25, 0.3) is 0 Å². The number of carbonyl (C=O) groups is 2. The van der Waals surface area contributed by atoms with Crippen LogP contribution >= 0.6 is 0 Å². The number of nitrogens with one attached hydrogen (secondary N) is 1. The molecule has 0 aliphatic carbocycles. The molecule has 1 rings (SSSR count). The van der Waals surface area contributed by atoms with Crippen molar-refractivity contribution in [2.45, 2.75) is 0 Å². The number of carboxylic acids is 1. The van der Waals surface area contributed by atoms with Gasteiger partial charge in [0.1, 0.15) is 24.2 Å². The van der Waals surface area contributed by atoms with Crippen molar-refractivity contribution in [1.29, 1.82) is 0 Å². The fraction of sp³-hybridized carbons (Fsp3) is 0.300. The Balaban J connectivity index is 2.64. The summed E-state index contributed by atoms with van der Waals surface area (Å²) in [6.45, 7) is 0.150. The number of rotatable bonds is 8. The van der Waals surface area contributed by atoms with Crippen molar-refractivity contribution in [3.8, 4) is 0 Å². The SMILES string of the molecule is NC(=O)COCCNc1cc(C(=O)O)c([N+](=O)[O-])cn1. The summed E-state index contributed by atoms with van der Waals surface area (Å²) in [6, 6.07) is 1.05. The van der Waals surface area contributed by atoms with Gasteiger partial charge in [0, 0.05) is 12.6 Å². The molecular weight excluding hydrogens is 272 g/mol. The number of hydrogen-bond donors (Lipinski definition) is 3. The molecule has 20 heavy (non-hydrogen) atoms. The largest absolute Gasteiger partial charge is 0.477 e. The molecule has 0 aliphatic heterocycles. The molecule has 0 unspecified atom stereocenters. The number of primary amides is 1. The van der Waals surface area contributed by atoms with Crippen LogP contribution in [-0.4, -0.2) is 46.6 Å². The summed E-state index contributed by atoms with van der Waals surface area (Å²) in [6.07, 6.45) is 0.857. The molecule has 10 nitrogen and oxygen atoms in total. The van der Waals surface area contributed by atoms with E-state index in [1.165, 1.54) is 0 Å². The average molecular weight is 284 g/mol. The van der Waals surface area contributed by atoms with Gasteiger partial charge in [-0.3, -0.25) is 14.9 Å². The van der Waals surface area contributed by atoms with Gasteiger partial charge in [-0.2, -0.15) is 0 Å². The molecule has 0 atom stereocenters. The van der Waals surface area contributed by atoms with Crippen molar-refractivity contribution < 1.29 is 24.4 Å². The van der Waals surface area contributed by atoms with Crippen LogP contribution < -0.4 is 11.1 Å². The highest BCUT2D eigenvalue weighted by atomic mass is 16.6. The van der Waals surface area contributed by atoms with E-state index in [2.05, 4.69) is 10.3 Å². The number of nitro groups is 1. The number of nitrogens with zero attached hydrogens (tertiary/aromatic N) is 2. The Kier molecular flexibility index (Phi) is 5.35. The van der Waals surface area contributed by atoms with E-state index in [-0.39, 0.29) is 25.6 Å². The van der Waals surface area contributed by atoms with Crippen LogP contribution in [0.1, 0.15) is 10.4 Å². The van der Waals surface area contributed by atoms with Crippen LogP contribution in [0, 0.1) is 10.1 Å². The molecule has 0 aromatic carbocycles. The van der Waals surface area contributed by atoms with E-state index in [9.17, 15) is 19.7 Å². The summed E-state index contributed by atoms with van der Waals surface area (Å²) < 4.78 is 4.87. The average Bonchev–Trinajstić information content (AvgIpc) is 2.37. The third-order valence-electron chi connectivity index (χ3n) is 2.11. The molecule has 0 aliphatic rings. The Bertz CT molecular complexity index is 532. The van der Waals surface area contributed by atoms with Crippen molar-refractivity contribution >= 4 is 23.4 Å². The van der Waals surface area contributed by atoms with Crippen molar-refractivity contribution in [3.63, 3.8) is 0 Å². The van der Waals surface area contributed by atoms with Crippen molar-refractivity contribution in [1.82, 2.24) is 4.98 Å². The Labute approximate surface area is 112 Å². The van der Waals surface area contributed by atoms with E-state index in [1.807, 2.05) is 0 Å². The monoisotopic (exact) mass is 284 g/mol. The Morgan fingerprint density at radius 1 is 1.55 bits per heavy atom. The molecule has 4 N–H and O–H groups in total. The molecule has 0 bridgehead atoms. The highest BCUT2D eigenvalue weighted by molar-refractivity contribution is 5.93. The highest BCUT2D eigenvalue weighted by Crippen LogP contribution is 2.19. The number of ether oxygens (including phenoxy) is 1. The van der Waals surface area contributed by atoms with E-state index in [4.69, 9.17) is 15.6 Å². The van der Waals surface area contributed by atoms with Crippen LogP contribution in [0.3, 0.4) is 0 Å². The van der Waals surface area contributed by atoms with E-state index in [0.717, 1.165) is 12.3 Å². The maximum Gasteiger partial charge on any atom is 0.342 e. The number of aromatic nitrogens is 1. The summed E-state index contributed by atoms with van der Waals surface area (Å²) in [5, 5.41) is 22.2. The number of carboxylic acid groups (broad SMARTS) is 1. The van der Waals surface area contributed by atoms with Gasteiger partial charge < -0.3 is 20.9 Å². The van der Waals surface area contributed by atoms with Gasteiger partial charge in [-0.1, -0.05) is 0 Å². The lowest BCUT2D eigenvalue weighted by molar-refractivity contribution is -0.385. The zero-order valence-corrected chi connectivity index (χ0v) is 10.2. The Morgan fingerprint density at radius 2 is 2.25 bits per heavy atom. The molecule has 108 valence electrons. The maximum absolute atomic E-state index is 10.9. The third kappa shape index (κ3) is 4.49. The fourth-order valence-electron chi connectivity index (χ4n) is 1.29. The molecular formula is C10H12N4O6. The van der Waals surface area contributed by atoms with E-state index >= 15 is 0 Å². The highest BCUT2D eigenvalue weighted by Gasteiger charge is 2.20. The zero-order chi connectivity index (χ0) is 15.1. The standard InChI is InChI=1S/C10H12N4O6/c11-8(15)5-20-2-1-12-9-3-6(10(16)17)7(4-13-9)14(18)19/h3-4H,1-2,5H2,(H2,11,15)(H,12,13)(H,16,17). The van der Waals surface area contributed by atoms with Gasteiger partial charge in [-0.15, -0.1) is 0 Å². The molecule has 1 heterocycles. The summed E-state index contributed by atoms with van der Waals surface area (Å²) in [7, 11) is 0. The smallest absolute Gasteiger partial charge is 0.342 e. The lowest BCUT2D eigenvalue weighted by atomic mass is 10.2. The van der Waals surface area contributed by atoms with Crippen molar-refractivity contribution in [2.24, 2.45) is 5.73 Å². The van der Waals surface area contributed by atoms with Crippen LogP contribution in [0.2, 0.25) is 0 Å². The quantitative estimate of drug-likeness (QED) is 0.330. The lowest BCUT2D eigenvalue weighted by Gasteiger charge is -2.06. The molecule has 0 radical (unpaired) electrons. The Morgan fingerprint density at radius 3 is 2.80 bits per heavy atom. The number of carbonyl (C=O) groups excluding carboxylic acids is 1. The first-order valence-corrected chi connectivity index (χ1v) is 5.39. The first-order valence-electron chi connectivity index (χ1n) is 5.39. The van der Waals surface area contributed by atoms with Crippen molar-refractivity contribution in [3.05, 3.63) is 27.9 Å². The minimum atomic E-state index is -1.42. The summed E-state index contributed by atoms with van der Waals surface area (Å²) in [5.74, 6) is -1.88. The molecule has 10 heteroatoms. The molecule has 1 aromatic heterocycles. The number of anilines is 1. The van der Waals surface area contributed by atoms with Gasteiger partial charge in [0.2, 0.25) is 5.91 Å². The normalized spacial score (nSPS) is 10.0. The minimum absolute atomic E-state index is 0.143. The third-order valence-corrected chi connectivity index (χ3v) is 2.11. The summed E-state index contributed by atoms with van der Waals surface area (Å²) in [4.78, 5) is 34.8. The zero-order valence-electron chi connectivity index (χ0n) is 10.2. The molecule has 0 saturated carbocycles. The second kappa shape index (κ2) is 6.99. The molecule has 1 amide bonds. The number of nitrogens with two attached hydrogens (primary N) is 1. The van der Waals surface area contributed by atoms with Crippen LogP contribution in [-0.2, 0) is 9.53 Å². The summed E-state index contributed by atoms with van der Waals surface area (Å²) >= 11 is 0. The van der Waals surface area contributed by atoms with Gasteiger partial charge in [-0.05, 0) is 0 Å². The van der Waals surface area contributed by atoms with Crippen LogP contribution in [0.4, 0.5) is 11.5 Å². The maximum atomic E-state index is 10.9. The Hall–Kier alpha value is -2.75. The predicted octanol–water partition coefficient (Wildman–Crippen LogP) is -0.398. The van der Waals surface area contributed by atoms with E-state index < -0.39 is 28.1 Å². The molecule has 0 fully saturated rings. The van der Waals surface area contributed by atoms with Gasteiger partial charge in [-0.25, -0.2) is 9.78 Å². The molecule has 0 spiro atoms. The first-order chi connectivity index (χ1) is 9.41. The number of aromatic carboxylic acids is 1. The second-order valence-corrected chi connectivity index (χ2v) is 3.59. The predicted molar refractivity (Wildman–Crippen MR) is 66.4 cm³/mol. The van der Waals surface area contributed by atoms with Gasteiger partial charge in [0.25, 0.3) is 0 Å². The molecule has 1 aromatic rings. The first kappa shape index (κ1) is 15.3. The molecule has 0 saturated heterocycles.